The van der Waals surface area contributed by atoms with Gasteiger partial charge in [-0.05, 0) is 37.1 Å². The van der Waals surface area contributed by atoms with Gasteiger partial charge < -0.3 is 5.11 Å². The summed E-state index contributed by atoms with van der Waals surface area (Å²) in [6.45, 7) is 0. The van der Waals surface area contributed by atoms with E-state index < -0.39 is 5.97 Å². The van der Waals surface area contributed by atoms with Crippen LogP contribution in [0.3, 0.4) is 0 Å². The summed E-state index contributed by atoms with van der Waals surface area (Å²) in [5.74, 6) is -0.968. The number of nitrogens with zero attached hydrogens (tertiary/aromatic N) is 2. The molecule has 1 fully saturated rings. The molecule has 96 valence electrons. The molecule has 1 saturated carbocycles. The fourth-order valence-electron chi connectivity index (χ4n) is 2.41. The zero-order chi connectivity index (χ0) is 13.0. The van der Waals surface area contributed by atoms with Gasteiger partial charge in [-0.3, -0.25) is 0 Å². The van der Waals surface area contributed by atoms with Gasteiger partial charge in [0.15, 0.2) is 0 Å². The first-order chi connectivity index (χ1) is 8.72. The predicted molar refractivity (Wildman–Crippen MR) is 68.5 cm³/mol. The third-order valence-electron chi connectivity index (χ3n) is 3.39. The molecule has 0 heterocycles. The van der Waals surface area contributed by atoms with Crippen molar-refractivity contribution in [2.24, 2.45) is 5.29 Å². The second-order valence-corrected chi connectivity index (χ2v) is 4.57. The molecule has 1 N–H and O–H groups in total. The van der Waals surface area contributed by atoms with Crippen molar-refractivity contribution in [3.05, 3.63) is 34.7 Å². The average molecular weight is 248 g/mol. The molecule has 0 saturated heterocycles. The summed E-state index contributed by atoms with van der Waals surface area (Å²) >= 11 is 0. The van der Waals surface area contributed by atoms with Crippen molar-refractivity contribution in [1.82, 2.24) is 0 Å². The largest absolute Gasteiger partial charge is 0.478 e. The summed E-state index contributed by atoms with van der Waals surface area (Å²) in [6, 6.07) is 6.42. The lowest BCUT2D eigenvalue weighted by Crippen LogP contribution is -2.32. The van der Waals surface area contributed by atoms with Gasteiger partial charge in [0.25, 0.3) is 0 Å². The number of rotatable bonds is 4. The fourth-order valence-corrected chi connectivity index (χ4v) is 2.41. The van der Waals surface area contributed by atoms with Gasteiger partial charge in [-0.2, -0.15) is 0 Å². The van der Waals surface area contributed by atoms with Crippen LogP contribution < -0.4 is 5.01 Å². The molecule has 1 aliphatic carbocycles. The highest BCUT2D eigenvalue weighted by molar-refractivity contribution is 5.88. The van der Waals surface area contributed by atoms with Crippen LogP contribution in [0.4, 0.5) is 5.69 Å². The lowest BCUT2D eigenvalue weighted by molar-refractivity contribution is 0.0697. The molecule has 0 amide bonds. The monoisotopic (exact) mass is 248 g/mol. The molecule has 5 nitrogen and oxygen atoms in total. The van der Waals surface area contributed by atoms with Gasteiger partial charge in [-0.15, -0.1) is 4.91 Å². The average Bonchev–Trinajstić information content (AvgIpc) is 2.41. The van der Waals surface area contributed by atoms with Gasteiger partial charge in [-0.1, -0.05) is 19.3 Å². The van der Waals surface area contributed by atoms with Gasteiger partial charge in [0, 0.05) is 0 Å². The Kier molecular flexibility index (Phi) is 3.92. The Bertz CT molecular complexity index is 424. The highest BCUT2D eigenvalue weighted by Gasteiger charge is 2.22. The minimum Gasteiger partial charge on any atom is -0.478 e. The molecule has 0 atom stereocenters. The van der Waals surface area contributed by atoms with Crippen LogP contribution in [0, 0.1) is 4.91 Å². The molecule has 1 aliphatic rings. The fraction of sp³-hybridized carbons (Fsp3) is 0.462. The second-order valence-electron chi connectivity index (χ2n) is 4.57. The topological polar surface area (TPSA) is 70.0 Å². The minimum atomic E-state index is -0.968. The lowest BCUT2D eigenvalue weighted by atomic mass is 9.95. The highest BCUT2D eigenvalue weighted by atomic mass is 16.4. The minimum absolute atomic E-state index is 0.145. The molecule has 18 heavy (non-hydrogen) atoms. The van der Waals surface area contributed by atoms with E-state index in [1.165, 1.54) is 23.6 Å². The third-order valence-corrected chi connectivity index (χ3v) is 3.39. The highest BCUT2D eigenvalue weighted by Crippen LogP contribution is 2.27. The van der Waals surface area contributed by atoms with Crippen molar-refractivity contribution >= 4 is 11.7 Å². The maximum Gasteiger partial charge on any atom is 0.335 e. The maximum atomic E-state index is 11.0. The molecule has 0 bridgehead atoms. The first kappa shape index (κ1) is 12.5. The van der Waals surface area contributed by atoms with E-state index in [4.69, 9.17) is 5.11 Å². The van der Waals surface area contributed by atoms with Crippen molar-refractivity contribution in [3.8, 4) is 0 Å². The smallest absolute Gasteiger partial charge is 0.335 e. The second kappa shape index (κ2) is 5.62. The molecule has 0 aromatic heterocycles. The van der Waals surface area contributed by atoms with E-state index in [0.29, 0.717) is 5.69 Å². The first-order valence-corrected chi connectivity index (χ1v) is 6.18. The molecular formula is C13H16N2O3. The van der Waals surface area contributed by atoms with Crippen molar-refractivity contribution in [1.29, 1.82) is 0 Å². The summed E-state index contributed by atoms with van der Waals surface area (Å²) in [4.78, 5) is 21.7. The van der Waals surface area contributed by atoms with Crippen LogP contribution in [0.1, 0.15) is 42.5 Å². The van der Waals surface area contributed by atoms with Gasteiger partial charge in [0.05, 0.1) is 22.6 Å². The number of carbonyl (C=O) groups is 1. The van der Waals surface area contributed by atoms with Gasteiger partial charge in [-0.25, -0.2) is 9.80 Å². The number of anilines is 1. The normalized spacial score (nSPS) is 16.2. The van der Waals surface area contributed by atoms with Crippen LogP contribution in [0.15, 0.2) is 29.6 Å². The Morgan fingerprint density at radius 3 is 2.28 bits per heavy atom. The molecule has 2 rings (SSSR count). The molecular weight excluding hydrogens is 232 g/mol. The summed E-state index contributed by atoms with van der Waals surface area (Å²) in [7, 11) is 0. The van der Waals surface area contributed by atoms with Crippen LogP contribution in [-0.4, -0.2) is 17.1 Å². The van der Waals surface area contributed by atoms with E-state index in [1.54, 1.807) is 12.1 Å². The molecule has 0 aliphatic heterocycles. The molecule has 1 aromatic rings. The maximum absolute atomic E-state index is 11.0. The number of carboxylic acid groups (broad SMARTS) is 1. The number of hydrogen-bond donors (Lipinski definition) is 1. The van der Waals surface area contributed by atoms with Gasteiger partial charge >= 0.3 is 5.97 Å². The first-order valence-electron chi connectivity index (χ1n) is 6.18. The molecule has 0 unspecified atom stereocenters. The predicted octanol–water partition coefficient (Wildman–Crippen LogP) is 3.21. The van der Waals surface area contributed by atoms with Crippen molar-refractivity contribution in [2.75, 3.05) is 5.01 Å². The number of benzene rings is 1. The molecule has 0 spiro atoms. The van der Waals surface area contributed by atoms with Gasteiger partial charge in [0.2, 0.25) is 0 Å². The summed E-state index contributed by atoms with van der Waals surface area (Å²) in [6.07, 6.45) is 5.37. The van der Waals surface area contributed by atoms with E-state index >= 15 is 0 Å². The number of aromatic carboxylic acids is 1. The van der Waals surface area contributed by atoms with E-state index in [-0.39, 0.29) is 11.6 Å². The number of carboxylic acids is 1. The van der Waals surface area contributed by atoms with Crippen LogP contribution in [-0.2, 0) is 0 Å². The van der Waals surface area contributed by atoms with Crippen molar-refractivity contribution < 1.29 is 9.90 Å². The van der Waals surface area contributed by atoms with Crippen LogP contribution in [0.5, 0.6) is 0 Å². The summed E-state index contributed by atoms with van der Waals surface area (Å²) in [5, 5.41) is 13.4. The van der Waals surface area contributed by atoms with E-state index in [2.05, 4.69) is 5.29 Å². The van der Waals surface area contributed by atoms with Crippen LogP contribution >= 0.6 is 0 Å². The molecule has 5 heteroatoms. The quantitative estimate of drug-likeness (QED) is 0.656. The standard InChI is InChI=1S/C13H16N2O3/c16-13(17)10-6-8-12(9-7-10)15(14-18)11-4-2-1-3-5-11/h6-9,11H,1-5H2,(H,16,17). The molecule has 0 radical (unpaired) electrons. The Labute approximate surface area is 105 Å². The number of nitroso groups, excluding NO2 is 1. The lowest BCUT2D eigenvalue weighted by Gasteiger charge is -2.29. The van der Waals surface area contributed by atoms with Crippen molar-refractivity contribution in [3.63, 3.8) is 0 Å². The zero-order valence-electron chi connectivity index (χ0n) is 10.1. The summed E-state index contributed by atoms with van der Waals surface area (Å²) in [5.41, 5.74) is 0.884. The van der Waals surface area contributed by atoms with Crippen molar-refractivity contribution in [2.45, 2.75) is 38.1 Å². The van der Waals surface area contributed by atoms with E-state index in [0.717, 1.165) is 25.7 Å². The summed E-state index contributed by atoms with van der Waals surface area (Å²) < 4.78 is 0. The van der Waals surface area contributed by atoms with E-state index in [1.807, 2.05) is 0 Å². The Balaban J connectivity index is 2.16. The third kappa shape index (κ3) is 2.67. The van der Waals surface area contributed by atoms with Crippen LogP contribution in [0.25, 0.3) is 0 Å². The zero-order valence-corrected chi connectivity index (χ0v) is 10.1. The Hall–Kier alpha value is -1.91. The van der Waals surface area contributed by atoms with Gasteiger partial charge in [0.1, 0.15) is 0 Å². The molecule has 1 aromatic carbocycles. The Morgan fingerprint density at radius 1 is 1.17 bits per heavy atom. The number of hydrogen-bond acceptors (Lipinski definition) is 3. The van der Waals surface area contributed by atoms with Crippen LogP contribution in [0.2, 0.25) is 0 Å². The Morgan fingerprint density at radius 2 is 1.78 bits per heavy atom. The SMILES string of the molecule is O=NN(c1ccc(C(=O)O)cc1)C1CCCCC1. The van der Waals surface area contributed by atoms with E-state index in [9.17, 15) is 9.70 Å².